The normalized spacial score (nSPS) is 33.4. The van der Waals surface area contributed by atoms with E-state index < -0.39 is 0 Å². The fourth-order valence-corrected chi connectivity index (χ4v) is 2.97. The van der Waals surface area contributed by atoms with Crippen molar-refractivity contribution in [3.05, 3.63) is 0 Å². The molecule has 0 spiro atoms. The van der Waals surface area contributed by atoms with Crippen LogP contribution in [0.2, 0.25) is 0 Å². The van der Waals surface area contributed by atoms with Gasteiger partial charge in [0.15, 0.2) is 0 Å². The fraction of sp³-hybridized carbons (Fsp3) is 1.00. The van der Waals surface area contributed by atoms with Crippen molar-refractivity contribution in [3.63, 3.8) is 0 Å². The van der Waals surface area contributed by atoms with Crippen molar-refractivity contribution in [3.8, 4) is 0 Å². The van der Waals surface area contributed by atoms with Crippen LogP contribution in [0.4, 0.5) is 0 Å². The van der Waals surface area contributed by atoms with Gasteiger partial charge >= 0.3 is 0 Å². The molecule has 0 aromatic heterocycles. The summed E-state index contributed by atoms with van der Waals surface area (Å²) in [7, 11) is 0. The predicted octanol–water partition coefficient (Wildman–Crippen LogP) is 3.50. The van der Waals surface area contributed by atoms with Crippen molar-refractivity contribution in [2.75, 3.05) is 6.54 Å². The molecule has 2 rings (SSSR count). The summed E-state index contributed by atoms with van der Waals surface area (Å²) in [6.07, 6.45) is 10.0. The fourth-order valence-electron chi connectivity index (χ4n) is 2.97. The Morgan fingerprint density at radius 3 is 2.35 bits per heavy atom. The zero-order valence-corrected chi connectivity index (χ0v) is 11.8. The molecule has 2 aliphatic rings. The Bertz CT molecular complexity index is 223. The lowest BCUT2D eigenvalue weighted by molar-refractivity contribution is -0.0863. The molecule has 0 unspecified atom stereocenters. The van der Waals surface area contributed by atoms with Crippen molar-refractivity contribution in [1.82, 2.24) is 5.32 Å². The summed E-state index contributed by atoms with van der Waals surface area (Å²) in [5, 5.41) is 3.57. The summed E-state index contributed by atoms with van der Waals surface area (Å²) in [5.41, 5.74) is 0.560. The summed E-state index contributed by atoms with van der Waals surface area (Å²) in [5.74, 6) is 0. The van der Waals surface area contributed by atoms with Crippen LogP contribution in [0.25, 0.3) is 0 Å². The van der Waals surface area contributed by atoms with Crippen molar-refractivity contribution >= 4 is 0 Å². The van der Waals surface area contributed by atoms with E-state index in [1.54, 1.807) is 0 Å². The van der Waals surface area contributed by atoms with E-state index in [1.165, 1.54) is 44.9 Å². The van der Waals surface area contributed by atoms with Gasteiger partial charge in [-0.25, -0.2) is 0 Å². The Kier molecular flexibility index (Phi) is 4.48. The SMILES string of the molecule is CCCNC1CC(OC2CCC(C)(C)CC2)C1. The molecule has 17 heavy (non-hydrogen) atoms. The maximum Gasteiger partial charge on any atom is 0.0608 e. The maximum atomic E-state index is 6.19. The third-order valence-corrected chi connectivity index (χ3v) is 4.45. The Morgan fingerprint density at radius 1 is 1.12 bits per heavy atom. The quantitative estimate of drug-likeness (QED) is 0.793. The van der Waals surface area contributed by atoms with Gasteiger partial charge in [0, 0.05) is 6.04 Å². The summed E-state index contributed by atoms with van der Waals surface area (Å²) < 4.78 is 6.19. The molecule has 0 saturated heterocycles. The largest absolute Gasteiger partial charge is 0.375 e. The second-order valence-electron chi connectivity index (χ2n) is 6.74. The molecule has 0 heterocycles. The Balaban J connectivity index is 1.58. The van der Waals surface area contributed by atoms with Crippen LogP contribution in [0, 0.1) is 5.41 Å². The second kappa shape index (κ2) is 5.71. The van der Waals surface area contributed by atoms with E-state index in [9.17, 15) is 0 Å². The monoisotopic (exact) mass is 239 g/mol. The lowest BCUT2D eigenvalue weighted by Crippen LogP contribution is -2.47. The summed E-state index contributed by atoms with van der Waals surface area (Å²) in [6.45, 7) is 8.16. The van der Waals surface area contributed by atoms with E-state index in [-0.39, 0.29) is 0 Å². The number of hydrogen-bond acceptors (Lipinski definition) is 2. The molecule has 0 aliphatic heterocycles. The third-order valence-electron chi connectivity index (χ3n) is 4.45. The molecule has 0 aromatic carbocycles. The van der Waals surface area contributed by atoms with Crippen molar-refractivity contribution < 1.29 is 4.74 Å². The standard InChI is InChI=1S/C15H29NO/c1-4-9-16-12-10-14(11-12)17-13-5-7-15(2,3)8-6-13/h12-14,16H,4-11H2,1-3H3. The van der Waals surface area contributed by atoms with Crippen LogP contribution in [0.3, 0.4) is 0 Å². The van der Waals surface area contributed by atoms with Gasteiger partial charge in [0.2, 0.25) is 0 Å². The van der Waals surface area contributed by atoms with Gasteiger partial charge in [-0.3, -0.25) is 0 Å². The molecule has 2 nitrogen and oxygen atoms in total. The zero-order chi connectivity index (χ0) is 12.3. The first kappa shape index (κ1) is 13.4. The molecular formula is C15H29NO. The van der Waals surface area contributed by atoms with Crippen molar-refractivity contribution in [1.29, 1.82) is 0 Å². The number of hydrogen-bond donors (Lipinski definition) is 1. The first-order chi connectivity index (χ1) is 8.09. The summed E-state index contributed by atoms with van der Waals surface area (Å²) in [4.78, 5) is 0. The molecule has 0 bridgehead atoms. The molecule has 0 amide bonds. The minimum Gasteiger partial charge on any atom is -0.375 e. The molecule has 0 aromatic rings. The molecule has 0 radical (unpaired) electrons. The average molecular weight is 239 g/mol. The topological polar surface area (TPSA) is 21.3 Å². The van der Waals surface area contributed by atoms with E-state index in [2.05, 4.69) is 26.1 Å². The van der Waals surface area contributed by atoms with Gasteiger partial charge in [-0.2, -0.15) is 0 Å². The van der Waals surface area contributed by atoms with E-state index in [1.807, 2.05) is 0 Å². The van der Waals surface area contributed by atoms with E-state index >= 15 is 0 Å². The third kappa shape index (κ3) is 3.96. The number of ether oxygens (including phenoxy) is 1. The van der Waals surface area contributed by atoms with Crippen LogP contribution in [0.1, 0.15) is 65.7 Å². The molecular weight excluding hydrogens is 210 g/mol. The highest BCUT2D eigenvalue weighted by Crippen LogP contribution is 2.38. The minimum atomic E-state index is 0.551. The first-order valence-corrected chi connectivity index (χ1v) is 7.48. The van der Waals surface area contributed by atoms with E-state index in [0.717, 1.165) is 12.6 Å². The first-order valence-electron chi connectivity index (χ1n) is 7.48. The lowest BCUT2D eigenvalue weighted by Gasteiger charge is -2.41. The molecule has 2 heteroatoms. The van der Waals surface area contributed by atoms with Crippen LogP contribution in [0.15, 0.2) is 0 Å². The molecule has 1 N–H and O–H groups in total. The van der Waals surface area contributed by atoms with Gasteiger partial charge in [-0.05, 0) is 56.9 Å². The molecule has 2 saturated carbocycles. The van der Waals surface area contributed by atoms with Gasteiger partial charge in [-0.1, -0.05) is 20.8 Å². The Morgan fingerprint density at radius 2 is 1.76 bits per heavy atom. The molecule has 2 fully saturated rings. The minimum absolute atomic E-state index is 0.551. The highest BCUT2D eigenvalue weighted by Gasteiger charge is 2.34. The predicted molar refractivity (Wildman–Crippen MR) is 72.2 cm³/mol. The van der Waals surface area contributed by atoms with Crippen LogP contribution in [-0.4, -0.2) is 24.8 Å². The maximum absolute atomic E-state index is 6.19. The second-order valence-corrected chi connectivity index (χ2v) is 6.74. The molecule has 0 atom stereocenters. The lowest BCUT2D eigenvalue weighted by atomic mass is 9.76. The van der Waals surface area contributed by atoms with Crippen LogP contribution >= 0.6 is 0 Å². The Hall–Kier alpha value is -0.0800. The highest BCUT2D eigenvalue weighted by molar-refractivity contribution is 4.88. The van der Waals surface area contributed by atoms with Gasteiger partial charge in [0.05, 0.1) is 12.2 Å². The summed E-state index contributed by atoms with van der Waals surface area (Å²) in [6, 6.07) is 0.736. The molecule has 100 valence electrons. The number of nitrogens with one attached hydrogen (secondary N) is 1. The van der Waals surface area contributed by atoms with Gasteiger partial charge < -0.3 is 10.1 Å². The average Bonchev–Trinajstić information content (AvgIpc) is 2.23. The van der Waals surface area contributed by atoms with Crippen LogP contribution in [-0.2, 0) is 4.74 Å². The van der Waals surface area contributed by atoms with Crippen LogP contribution < -0.4 is 5.32 Å². The highest BCUT2D eigenvalue weighted by atomic mass is 16.5. The Labute approximate surface area is 107 Å². The molecule has 2 aliphatic carbocycles. The van der Waals surface area contributed by atoms with Crippen LogP contribution in [0.5, 0.6) is 0 Å². The van der Waals surface area contributed by atoms with Gasteiger partial charge in [0.1, 0.15) is 0 Å². The van der Waals surface area contributed by atoms with E-state index in [0.29, 0.717) is 17.6 Å². The van der Waals surface area contributed by atoms with Crippen molar-refractivity contribution in [2.24, 2.45) is 5.41 Å². The van der Waals surface area contributed by atoms with Gasteiger partial charge in [-0.15, -0.1) is 0 Å². The number of rotatable bonds is 5. The van der Waals surface area contributed by atoms with Gasteiger partial charge in [0.25, 0.3) is 0 Å². The van der Waals surface area contributed by atoms with Crippen molar-refractivity contribution in [2.45, 2.75) is 84.0 Å². The van der Waals surface area contributed by atoms with E-state index in [4.69, 9.17) is 4.74 Å². The smallest absolute Gasteiger partial charge is 0.0608 e. The zero-order valence-electron chi connectivity index (χ0n) is 11.8. The summed E-state index contributed by atoms with van der Waals surface area (Å²) >= 11 is 0.